The number of nitrogens with zero attached hydrogens (tertiary/aromatic N) is 1. The summed E-state index contributed by atoms with van der Waals surface area (Å²) in [7, 11) is 0. The van der Waals surface area contributed by atoms with Gasteiger partial charge in [0.1, 0.15) is 5.52 Å². The average molecular weight is 176 g/mol. The fraction of sp³-hybridized carbons (Fsp3) is 0.111. The van der Waals surface area contributed by atoms with Crippen molar-refractivity contribution in [1.82, 2.24) is 4.98 Å². The maximum atomic E-state index is 10.7. The molecule has 0 saturated heterocycles. The van der Waals surface area contributed by atoms with Crippen molar-refractivity contribution in [1.29, 1.82) is 0 Å². The number of aryl methyl sites for hydroxylation is 1. The Morgan fingerprint density at radius 1 is 1.54 bits per heavy atom. The second-order valence-corrected chi connectivity index (χ2v) is 2.85. The van der Waals surface area contributed by atoms with Gasteiger partial charge in [-0.3, -0.25) is 4.79 Å². The monoisotopic (exact) mass is 176 g/mol. The standard InChI is InChI=1S/C9H8N2O2/c1-5-2-3-7-6(4-5)11-9(13-7)8(10)12/h2-4H,1H3,(H2,10,12). The van der Waals surface area contributed by atoms with E-state index >= 15 is 0 Å². The molecule has 0 atom stereocenters. The Balaban J connectivity index is 2.68. The normalized spacial score (nSPS) is 10.5. The average Bonchev–Trinajstić information content (AvgIpc) is 2.46. The van der Waals surface area contributed by atoms with Crippen LogP contribution in [0.2, 0.25) is 0 Å². The zero-order chi connectivity index (χ0) is 9.42. The van der Waals surface area contributed by atoms with Gasteiger partial charge in [0.05, 0.1) is 0 Å². The molecule has 1 aromatic carbocycles. The highest BCUT2D eigenvalue weighted by Gasteiger charge is 2.09. The zero-order valence-electron chi connectivity index (χ0n) is 7.07. The van der Waals surface area contributed by atoms with Gasteiger partial charge in [0.25, 0.3) is 5.89 Å². The van der Waals surface area contributed by atoms with Crippen LogP contribution in [0.3, 0.4) is 0 Å². The van der Waals surface area contributed by atoms with Crippen molar-refractivity contribution in [3.8, 4) is 0 Å². The third kappa shape index (κ3) is 1.26. The Morgan fingerprint density at radius 3 is 3.00 bits per heavy atom. The van der Waals surface area contributed by atoms with Crippen molar-refractivity contribution in [2.45, 2.75) is 6.92 Å². The molecule has 0 bridgehead atoms. The highest BCUT2D eigenvalue weighted by atomic mass is 16.4. The van der Waals surface area contributed by atoms with E-state index in [1.165, 1.54) is 0 Å². The largest absolute Gasteiger partial charge is 0.432 e. The molecule has 0 radical (unpaired) electrons. The predicted molar refractivity (Wildman–Crippen MR) is 47.3 cm³/mol. The molecular weight excluding hydrogens is 168 g/mol. The van der Waals surface area contributed by atoms with Gasteiger partial charge in [0, 0.05) is 0 Å². The molecule has 13 heavy (non-hydrogen) atoms. The van der Waals surface area contributed by atoms with E-state index in [0.29, 0.717) is 11.1 Å². The van der Waals surface area contributed by atoms with Crippen molar-refractivity contribution in [3.63, 3.8) is 0 Å². The molecule has 2 N–H and O–H groups in total. The summed E-state index contributed by atoms with van der Waals surface area (Å²) < 4.78 is 5.10. The molecule has 4 heteroatoms. The van der Waals surface area contributed by atoms with Crippen LogP contribution in [0.15, 0.2) is 22.6 Å². The fourth-order valence-electron chi connectivity index (χ4n) is 1.14. The van der Waals surface area contributed by atoms with Crippen molar-refractivity contribution in [3.05, 3.63) is 29.7 Å². The Morgan fingerprint density at radius 2 is 2.31 bits per heavy atom. The van der Waals surface area contributed by atoms with Gasteiger partial charge in [-0.05, 0) is 24.6 Å². The van der Waals surface area contributed by atoms with Crippen LogP contribution in [-0.2, 0) is 0 Å². The molecule has 2 aromatic rings. The zero-order valence-corrected chi connectivity index (χ0v) is 7.07. The number of nitrogens with two attached hydrogens (primary N) is 1. The van der Waals surface area contributed by atoms with Gasteiger partial charge < -0.3 is 10.2 Å². The summed E-state index contributed by atoms with van der Waals surface area (Å²) in [6, 6.07) is 5.49. The minimum atomic E-state index is -0.645. The van der Waals surface area contributed by atoms with E-state index < -0.39 is 5.91 Å². The second kappa shape index (κ2) is 2.58. The number of rotatable bonds is 1. The third-order valence-corrected chi connectivity index (χ3v) is 1.75. The first-order valence-electron chi connectivity index (χ1n) is 3.84. The summed E-state index contributed by atoms with van der Waals surface area (Å²) >= 11 is 0. The number of aromatic nitrogens is 1. The van der Waals surface area contributed by atoms with Crippen LogP contribution in [0, 0.1) is 6.92 Å². The lowest BCUT2D eigenvalue weighted by Crippen LogP contribution is -2.10. The van der Waals surface area contributed by atoms with Crippen LogP contribution in [0.4, 0.5) is 0 Å². The summed E-state index contributed by atoms with van der Waals surface area (Å²) in [5.74, 6) is -0.686. The molecule has 0 unspecified atom stereocenters. The van der Waals surface area contributed by atoms with E-state index in [-0.39, 0.29) is 5.89 Å². The van der Waals surface area contributed by atoms with Crippen LogP contribution >= 0.6 is 0 Å². The molecule has 1 heterocycles. The van der Waals surface area contributed by atoms with Gasteiger partial charge >= 0.3 is 5.91 Å². The molecule has 0 spiro atoms. The Bertz CT molecular complexity index is 473. The van der Waals surface area contributed by atoms with E-state index in [4.69, 9.17) is 10.2 Å². The first kappa shape index (κ1) is 7.79. The highest BCUT2D eigenvalue weighted by molar-refractivity contribution is 5.91. The summed E-state index contributed by atoms with van der Waals surface area (Å²) in [4.78, 5) is 14.7. The molecule has 1 amide bonds. The van der Waals surface area contributed by atoms with Crippen molar-refractivity contribution in [2.24, 2.45) is 5.73 Å². The maximum absolute atomic E-state index is 10.7. The predicted octanol–water partition coefficient (Wildman–Crippen LogP) is 1.24. The SMILES string of the molecule is Cc1ccc2oc(C(N)=O)nc2c1. The van der Waals surface area contributed by atoms with Gasteiger partial charge in [-0.25, -0.2) is 4.98 Å². The van der Waals surface area contributed by atoms with Gasteiger partial charge in [-0.15, -0.1) is 0 Å². The smallest absolute Gasteiger partial charge is 0.304 e. The summed E-state index contributed by atoms with van der Waals surface area (Å²) in [6.07, 6.45) is 0. The topological polar surface area (TPSA) is 69.1 Å². The molecule has 0 aliphatic heterocycles. The Kier molecular flexibility index (Phi) is 1.55. The second-order valence-electron chi connectivity index (χ2n) is 2.85. The van der Waals surface area contributed by atoms with E-state index in [2.05, 4.69) is 4.98 Å². The number of amides is 1. The molecule has 0 saturated carbocycles. The molecule has 0 aliphatic carbocycles. The van der Waals surface area contributed by atoms with Gasteiger partial charge in [-0.2, -0.15) is 0 Å². The summed E-state index contributed by atoms with van der Waals surface area (Å²) in [5.41, 5.74) is 7.33. The number of oxazole rings is 1. The van der Waals surface area contributed by atoms with Crippen LogP contribution in [-0.4, -0.2) is 10.9 Å². The van der Waals surface area contributed by atoms with Crippen molar-refractivity contribution < 1.29 is 9.21 Å². The van der Waals surface area contributed by atoms with Gasteiger partial charge in [0.2, 0.25) is 0 Å². The number of fused-ring (bicyclic) bond motifs is 1. The molecule has 4 nitrogen and oxygen atoms in total. The molecule has 0 aliphatic rings. The molecule has 0 fully saturated rings. The van der Waals surface area contributed by atoms with Crippen molar-refractivity contribution >= 4 is 17.0 Å². The summed E-state index contributed by atoms with van der Waals surface area (Å²) in [6.45, 7) is 1.94. The lowest BCUT2D eigenvalue weighted by molar-refractivity contribution is 0.0969. The Labute approximate surface area is 74.4 Å². The number of hydrogen-bond acceptors (Lipinski definition) is 3. The van der Waals surface area contributed by atoms with Gasteiger partial charge in [0.15, 0.2) is 5.58 Å². The van der Waals surface area contributed by atoms with Crippen LogP contribution < -0.4 is 5.73 Å². The molecule has 66 valence electrons. The van der Waals surface area contributed by atoms with Gasteiger partial charge in [-0.1, -0.05) is 6.07 Å². The number of benzene rings is 1. The molecule has 1 aromatic heterocycles. The number of carbonyl (C=O) groups is 1. The summed E-state index contributed by atoms with van der Waals surface area (Å²) in [5, 5.41) is 0. The number of primary amides is 1. The molecular formula is C9H8N2O2. The lowest BCUT2D eigenvalue weighted by atomic mass is 10.2. The van der Waals surface area contributed by atoms with E-state index in [0.717, 1.165) is 5.56 Å². The van der Waals surface area contributed by atoms with E-state index in [1.807, 2.05) is 19.1 Å². The quantitative estimate of drug-likeness (QED) is 0.710. The fourth-order valence-corrected chi connectivity index (χ4v) is 1.14. The first-order chi connectivity index (χ1) is 6.16. The minimum Gasteiger partial charge on any atom is -0.432 e. The lowest BCUT2D eigenvalue weighted by Gasteiger charge is -1.87. The number of hydrogen-bond donors (Lipinski definition) is 1. The number of carbonyl (C=O) groups excluding carboxylic acids is 1. The van der Waals surface area contributed by atoms with Crippen LogP contribution in [0.1, 0.15) is 16.2 Å². The third-order valence-electron chi connectivity index (χ3n) is 1.75. The van der Waals surface area contributed by atoms with E-state index in [1.54, 1.807) is 6.07 Å². The van der Waals surface area contributed by atoms with Crippen LogP contribution in [0.25, 0.3) is 11.1 Å². The highest BCUT2D eigenvalue weighted by Crippen LogP contribution is 2.16. The van der Waals surface area contributed by atoms with Crippen LogP contribution in [0.5, 0.6) is 0 Å². The van der Waals surface area contributed by atoms with E-state index in [9.17, 15) is 4.79 Å². The first-order valence-corrected chi connectivity index (χ1v) is 3.84. The Hall–Kier alpha value is -1.84. The minimum absolute atomic E-state index is 0.0411. The molecule has 2 rings (SSSR count). The van der Waals surface area contributed by atoms with Crippen molar-refractivity contribution in [2.75, 3.05) is 0 Å². The maximum Gasteiger partial charge on any atom is 0.304 e.